The Morgan fingerprint density at radius 1 is 0.963 bits per heavy atom. The number of carboxylic acids is 2. The lowest BCUT2D eigenvalue weighted by Gasteiger charge is -2.03. The minimum Gasteiger partial charge on any atom is -0.497 e. The Balaban J connectivity index is 1.87. The van der Waals surface area contributed by atoms with E-state index in [0.29, 0.717) is 22.8 Å². The first-order chi connectivity index (χ1) is 13.0. The van der Waals surface area contributed by atoms with Gasteiger partial charge in [-0.15, -0.1) is 0 Å². The van der Waals surface area contributed by atoms with Crippen molar-refractivity contribution in [3.05, 3.63) is 71.5 Å². The minimum atomic E-state index is -1.22. The minimum absolute atomic E-state index is 0.130. The van der Waals surface area contributed by atoms with E-state index in [1.165, 1.54) is 18.3 Å². The van der Waals surface area contributed by atoms with Crippen molar-refractivity contribution in [2.45, 2.75) is 0 Å². The Morgan fingerprint density at radius 3 is 2.15 bits per heavy atom. The fourth-order valence-electron chi connectivity index (χ4n) is 2.40. The Bertz CT molecular complexity index is 985. The zero-order chi connectivity index (χ0) is 19.4. The number of carboxylic acid groups (broad SMARTS) is 2. The number of nitrogens with zero attached hydrogens (tertiary/aromatic N) is 1. The van der Waals surface area contributed by atoms with Gasteiger partial charge in [0, 0.05) is 5.56 Å². The fraction of sp³-hybridized carbons (Fsp3) is 0.0500. The molecule has 2 aromatic carbocycles. The molecule has 0 aliphatic rings. The highest BCUT2D eigenvalue weighted by Gasteiger charge is 2.14. The summed E-state index contributed by atoms with van der Waals surface area (Å²) in [6.45, 7) is 0. The summed E-state index contributed by atoms with van der Waals surface area (Å²) in [6, 6.07) is 14.2. The second-order valence-corrected chi connectivity index (χ2v) is 5.57. The lowest BCUT2D eigenvalue weighted by Crippen LogP contribution is -2.02. The summed E-state index contributed by atoms with van der Waals surface area (Å²) >= 11 is 0. The predicted octanol–water partition coefficient (Wildman–Crippen LogP) is 4.10. The van der Waals surface area contributed by atoms with Crippen LogP contribution in [0, 0.1) is 0 Å². The average molecular weight is 365 g/mol. The maximum atomic E-state index is 11.2. The molecular formula is C20H15NO6. The van der Waals surface area contributed by atoms with Gasteiger partial charge in [-0.1, -0.05) is 0 Å². The summed E-state index contributed by atoms with van der Waals surface area (Å²) in [5.41, 5.74) is 0.802. The Hall–Kier alpha value is -3.87. The first-order valence-electron chi connectivity index (χ1n) is 7.86. The Kier molecular flexibility index (Phi) is 5.03. The summed E-state index contributed by atoms with van der Waals surface area (Å²) < 4.78 is 10.7. The standard InChI is InChI=1S/C20H15NO6/c1-26-16-4-2-15(3-5-16)21-11-17-6-7-18(27-17)12-8-13(19(22)23)10-14(9-12)20(24)25/h2-11H,1H3,(H,22,23)(H,24,25). The third-order valence-electron chi connectivity index (χ3n) is 3.75. The molecule has 1 aromatic heterocycles. The Morgan fingerprint density at radius 2 is 1.59 bits per heavy atom. The largest absolute Gasteiger partial charge is 0.497 e. The van der Waals surface area contributed by atoms with Crippen molar-refractivity contribution >= 4 is 23.8 Å². The zero-order valence-corrected chi connectivity index (χ0v) is 14.2. The molecule has 0 atom stereocenters. The van der Waals surface area contributed by atoms with E-state index in [9.17, 15) is 9.59 Å². The van der Waals surface area contributed by atoms with Gasteiger partial charge in [0.2, 0.25) is 0 Å². The molecule has 0 fully saturated rings. The van der Waals surface area contributed by atoms with Crippen LogP contribution >= 0.6 is 0 Å². The molecule has 0 unspecified atom stereocenters. The second-order valence-electron chi connectivity index (χ2n) is 5.57. The molecule has 7 heteroatoms. The number of aromatic carboxylic acids is 2. The number of hydrogen-bond acceptors (Lipinski definition) is 5. The second kappa shape index (κ2) is 7.57. The molecule has 1 heterocycles. The van der Waals surface area contributed by atoms with E-state index in [-0.39, 0.29) is 11.1 Å². The summed E-state index contributed by atoms with van der Waals surface area (Å²) in [5, 5.41) is 18.3. The van der Waals surface area contributed by atoms with Crippen LogP contribution in [0.1, 0.15) is 26.5 Å². The molecular weight excluding hydrogens is 350 g/mol. The number of rotatable bonds is 6. The summed E-state index contributed by atoms with van der Waals surface area (Å²) in [4.78, 5) is 26.7. The predicted molar refractivity (Wildman–Crippen MR) is 98.3 cm³/mol. The number of aliphatic imine (C=N–C) groups is 1. The van der Waals surface area contributed by atoms with Crippen LogP contribution in [-0.4, -0.2) is 35.5 Å². The molecule has 27 heavy (non-hydrogen) atoms. The van der Waals surface area contributed by atoms with Gasteiger partial charge in [-0.3, -0.25) is 4.99 Å². The van der Waals surface area contributed by atoms with Crippen molar-refractivity contribution in [1.29, 1.82) is 0 Å². The summed E-state index contributed by atoms with van der Waals surface area (Å²) in [7, 11) is 1.58. The number of carbonyl (C=O) groups is 2. The number of hydrogen-bond donors (Lipinski definition) is 2. The van der Waals surface area contributed by atoms with E-state index in [4.69, 9.17) is 19.4 Å². The van der Waals surface area contributed by atoms with Gasteiger partial charge in [0.25, 0.3) is 0 Å². The molecule has 0 saturated heterocycles. The van der Waals surface area contributed by atoms with Gasteiger partial charge < -0.3 is 19.4 Å². The lowest BCUT2D eigenvalue weighted by atomic mass is 10.0. The molecule has 2 N–H and O–H groups in total. The van der Waals surface area contributed by atoms with Crippen molar-refractivity contribution < 1.29 is 29.0 Å². The highest BCUT2D eigenvalue weighted by molar-refractivity contribution is 5.96. The van der Waals surface area contributed by atoms with E-state index in [0.717, 1.165) is 11.8 Å². The first kappa shape index (κ1) is 17.9. The van der Waals surface area contributed by atoms with E-state index in [1.54, 1.807) is 43.5 Å². The Labute approximate surface area is 154 Å². The van der Waals surface area contributed by atoms with Gasteiger partial charge in [0.15, 0.2) is 0 Å². The van der Waals surface area contributed by atoms with Crippen LogP contribution in [0.2, 0.25) is 0 Å². The van der Waals surface area contributed by atoms with E-state index >= 15 is 0 Å². The molecule has 3 aromatic rings. The molecule has 136 valence electrons. The number of methoxy groups -OCH3 is 1. The number of furan rings is 1. The van der Waals surface area contributed by atoms with Gasteiger partial charge in [-0.05, 0) is 54.6 Å². The summed E-state index contributed by atoms with van der Waals surface area (Å²) in [6.07, 6.45) is 1.52. The van der Waals surface area contributed by atoms with Gasteiger partial charge in [0.1, 0.15) is 17.3 Å². The quantitative estimate of drug-likeness (QED) is 0.637. The van der Waals surface area contributed by atoms with E-state index in [1.807, 2.05) is 0 Å². The molecule has 0 aliphatic heterocycles. The summed E-state index contributed by atoms with van der Waals surface area (Å²) in [5.74, 6) is -0.920. The van der Waals surface area contributed by atoms with Crippen LogP contribution in [0.3, 0.4) is 0 Å². The van der Waals surface area contributed by atoms with Gasteiger partial charge in [-0.25, -0.2) is 9.59 Å². The maximum absolute atomic E-state index is 11.2. The normalized spacial score (nSPS) is 10.9. The number of benzene rings is 2. The van der Waals surface area contributed by atoms with Crippen LogP contribution in [0.5, 0.6) is 5.75 Å². The molecule has 0 saturated carbocycles. The van der Waals surface area contributed by atoms with Crippen molar-refractivity contribution in [2.75, 3.05) is 7.11 Å². The van der Waals surface area contributed by atoms with Crippen LogP contribution in [0.15, 0.2) is 64.0 Å². The van der Waals surface area contributed by atoms with Crippen LogP contribution in [0.25, 0.3) is 11.3 Å². The van der Waals surface area contributed by atoms with Crippen molar-refractivity contribution in [1.82, 2.24) is 0 Å². The van der Waals surface area contributed by atoms with Crippen LogP contribution in [-0.2, 0) is 0 Å². The molecule has 0 radical (unpaired) electrons. The van der Waals surface area contributed by atoms with Crippen LogP contribution in [0.4, 0.5) is 5.69 Å². The van der Waals surface area contributed by atoms with Crippen molar-refractivity contribution in [3.63, 3.8) is 0 Å². The average Bonchev–Trinajstić information content (AvgIpc) is 3.15. The molecule has 0 bridgehead atoms. The smallest absolute Gasteiger partial charge is 0.335 e. The molecule has 0 aliphatic carbocycles. The third kappa shape index (κ3) is 4.21. The molecule has 7 nitrogen and oxygen atoms in total. The van der Waals surface area contributed by atoms with E-state index in [2.05, 4.69) is 4.99 Å². The maximum Gasteiger partial charge on any atom is 0.335 e. The van der Waals surface area contributed by atoms with Crippen molar-refractivity contribution in [2.24, 2.45) is 4.99 Å². The molecule has 3 rings (SSSR count). The molecule has 0 amide bonds. The van der Waals surface area contributed by atoms with Gasteiger partial charge in [-0.2, -0.15) is 0 Å². The lowest BCUT2D eigenvalue weighted by molar-refractivity contribution is 0.0696. The SMILES string of the molecule is COc1ccc(N=Cc2ccc(-c3cc(C(=O)O)cc(C(=O)O)c3)o2)cc1. The van der Waals surface area contributed by atoms with Gasteiger partial charge >= 0.3 is 11.9 Å². The molecule has 0 spiro atoms. The third-order valence-corrected chi connectivity index (χ3v) is 3.75. The van der Waals surface area contributed by atoms with Gasteiger partial charge in [0.05, 0.1) is 30.1 Å². The zero-order valence-electron chi connectivity index (χ0n) is 14.2. The fourth-order valence-corrected chi connectivity index (χ4v) is 2.40. The topological polar surface area (TPSA) is 109 Å². The highest BCUT2D eigenvalue weighted by atomic mass is 16.5. The monoisotopic (exact) mass is 365 g/mol. The van der Waals surface area contributed by atoms with Crippen molar-refractivity contribution in [3.8, 4) is 17.1 Å². The van der Waals surface area contributed by atoms with E-state index < -0.39 is 11.9 Å². The number of ether oxygens (including phenoxy) is 1. The highest BCUT2D eigenvalue weighted by Crippen LogP contribution is 2.25. The van der Waals surface area contributed by atoms with Crippen LogP contribution < -0.4 is 4.74 Å². The first-order valence-corrected chi connectivity index (χ1v) is 7.86.